The molecular weight excluding hydrogens is 383 g/mol. The number of hydrogen-bond acceptors (Lipinski definition) is 6. The monoisotopic (exact) mass is 406 g/mol. The fourth-order valence-electron chi connectivity index (χ4n) is 3.13. The number of benzene rings is 1. The number of pyridine rings is 1. The molecule has 0 spiro atoms. The summed E-state index contributed by atoms with van der Waals surface area (Å²) >= 11 is 0. The molecule has 3 rings (SSSR count). The predicted octanol–water partition coefficient (Wildman–Crippen LogP) is 3.64. The van der Waals surface area contributed by atoms with Crippen LogP contribution in [0.15, 0.2) is 36.5 Å². The lowest BCUT2D eigenvalue weighted by Crippen LogP contribution is -2.10. The van der Waals surface area contributed by atoms with E-state index in [1.807, 2.05) is 29.9 Å². The van der Waals surface area contributed by atoms with E-state index < -0.39 is 0 Å². The largest absolute Gasteiger partial charge is 0.384 e. The van der Waals surface area contributed by atoms with Crippen LogP contribution in [-0.4, -0.2) is 33.9 Å². The molecule has 0 aliphatic carbocycles. The van der Waals surface area contributed by atoms with Gasteiger partial charge in [0, 0.05) is 31.3 Å². The van der Waals surface area contributed by atoms with E-state index in [-0.39, 0.29) is 13.7 Å². The molecule has 0 unspecified atom stereocenters. The van der Waals surface area contributed by atoms with Crippen molar-refractivity contribution in [1.82, 2.24) is 14.8 Å². The minimum Gasteiger partial charge on any atom is -0.384 e. The van der Waals surface area contributed by atoms with Gasteiger partial charge in [0.25, 0.3) is 0 Å². The van der Waals surface area contributed by atoms with Crippen molar-refractivity contribution < 1.29 is 4.79 Å². The highest BCUT2D eigenvalue weighted by Gasteiger charge is 2.17. The first-order chi connectivity index (χ1) is 13.8. The summed E-state index contributed by atoms with van der Waals surface area (Å²) in [5.74, 6) is 0.242. The Morgan fingerprint density at radius 2 is 2.07 bits per heavy atom. The molecule has 0 amide bonds. The van der Waals surface area contributed by atoms with Crippen LogP contribution in [-0.2, 0) is 7.05 Å². The SMILES string of the molecule is CCC(=O)c1cnc(N)cc1Nc1cccc(-c2cc(P(C)C)n(C)n2)c1C#N. The number of hydrogen-bond donors (Lipinski definition) is 2. The molecular formula is C21H23N6OP. The average Bonchev–Trinajstić information content (AvgIpc) is 3.09. The van der Waals surface area contributed by atoms with Gasteiger partial charge in [-0.3, -0.25) is 9.48 Å². The molecule has 1 aromatic carbocycles. The topological polar surface area (TPSA) is 110 Å². The summed E-state index contributed by atoms with van der Waals surface area (Å²) in [4.78, 5) is 16.3. The van der Waals surface area contributed by atoms with Gasteiger partial charge < -0.3 is 11.1 Å². The van der Waals surface area contributed by atoms with Gasteiger partial charge in [-0.15, -0.1) is 0 Å². The first kappa shape index (κ1) is 20.5. The Morgan fingerprint density at radius 3 is 2.69 bits per heavy atom. The first-order valence-electron chi connectivity index (χ1n) is 9.16. The number of nitrogens with one attached hydrogen (secondary N) is 1. The summed E-state index contributed by atoms with van der Waals surface area (Å²) in [6.07, 6.45) is 1.81. The van der Waals surface area contributed by atoms with Gasteiger partial charge in [0.2, 0.25) is 0 Å². The number of aromatic nitrogens is 3. The maximum Gasteiger partial charge on any atom is 0.166 e. The van der Waals surface area contributed by atoms with Crippen molar-refractivity contribution in [2.75, 3.05) is 24.4 Å². The van der Waals surface area contributed by atoms with Crippen LogP contribution >= 0.6 is 7.92 Å². The molecule has 3 N–H and O–H groups in total. The van der Waals surface area contributed by atoms with Crippen LogP contribution in [0.5, 0.6) is 0 Å². The Balaban J connectivity index is 2.09. The van der Waals surface area contributed by atoms with E-state index in [2.05, 4.69) is 34.8 Å². The lowest BCUT2D eigenvalue weighted by Gasteiger charge is -2.14. The molecule has 0 atom stereocenters. The average molecular weight is 406 g/mol. The number of carbonyl (C=O) groups excluding carboxylic acids is 1. The summed E-state index contributed by atoms with van der Waals surface area (Å²) in [5, 5.41) is 17.7. The number of nitriles is 1. The van der Waals surface area contributed by atoms with Crippen LogP contribution in [0, 0.1) is 11.3 Å². The van der Waals surface area contributed by atoms with Crippen LogP contribution in [0.25, 0.3) is 11.3 Å². The van der Waals surface area contributed by atoms with Gasteiger partial charge in [-0.1, -0.05) is 27.0 Å². The number of Topliss-reactive ketones (excluding diaryl/α,β-unsaturated/α-hetero) is 1. The van der Waals surface area contributed by atoms with Gasteiger partial charge in [0.05, 0.1) is 33.6 Å². The van der Waals surface area contributed by atoms with Crippen molar-refractivity contribution in [3.63, 3.8) is 0 Å². The molecule has 0 aliphatic rings. The quantitative estimate of drug-likeness (QED) is 0.478. The number of nitrogens with two attached hydrogens (primary N) is 1. The third-order valence-electron chi connectivity index (χ3n) is 4.58. The van der Waals surface area contributed by atoms with Gasteiger partial charge >= 0.3 is 0 Å². The number of ketones is 1. The molecule has 29 heavy (non-hydrogen) atoms. The number of anilines is 3. The van der Waals surface area contributed by atoms with Crippen LogP contribution in [0.3, 0.4) is 0 Å². The maximum atomic E-state index is 12.3. The third-order valence-corrected chi connectivity index (χ3v) is 5.92. The van der Waals surface area contributed by atoms with Crippen LogP contribution in [0.2, 0.25) is 0 Å². The van der Waals surface area contributed by atoms with Crippen LogP contribution in [0.1, 0.15) is 29.3 Å². The van der Waals surface area contributed by atoms with Crippen molar-refractivity contribution in [3.8, 4) is 17.3 Å². The number of carbonyl (C=O) groups is 1. The highest BCUT2D eigenvalue weighted by Crippen LogP contribution is 2.33. The van der Waals surface area contributed by atoms with Crippen molar-refractivity contribution in [1.29, 1.82) is 5.26 Å². The normalized spacial score (nSPS) is 10.8. The third kappa shape index (κ3) is 4.13. The Labute approximate surface area is 171 Å². The Kier molecular flexibility index (Phi) is 5.95. The minimum absolute atomic E-state index is 0.0525. The van der Waals surface area contributed by atoms with E-state index in [9.17, 15) is 10.1 Å². The molecule has 3 aromatic rings. The van der Waals surface area contributed by atoms with Gasteiger partial charge in [-0.05, 0) is 25.5 Å². The molecule has 7 nitrogen and oxygen atoms in total. The second kappa shape index (κ2) is 8.42. The van der Waals surface area contributed by atoms with Crippen molar-refractivity contribution in [3.05, 3.63) is 47.7 Å². The molecule has 2 aromatic heterocycles. The molecule has 2 heterocycles. The number of nitrogen functional groups attached to an aromatic ring is 1. The first-order valence-corrected chi connectivity index (χ1v) is 11.4. The number of rotatable bonds is 6. The van der Waals surface area contributed by atoms with Crippen molar-refractivity contribution in [2.45, 2.75) is 13.3 Å². The van der Waals surface area contributed by atoms with E-state index in [0.29, 0.717) is 34.7 Å². The van der Waals surface area contributed by atoms with Gasteiger partial charge in [0.1, 0.15) is 11.9 Å². The minimum atomic E-state index is -0.321. The molecule has 0 saturated heterocycles. The predicted molar refractivity (Wildman–Crippen MR) is 118 cm³/mol. The number of nitrogens with zero attached hydrogens (tertiary/aromatic N) is 4. The lowest BCUT2D eigenvalue weighted by atomic mass is 10.0. The van der Waals surface area contributed by atoms with Gasteiger partial charge in [-0.2, -0.15) is 10.4 Å². The van der Waals surface area contributed by atoms with Crippen LogP contribution < -0.4 is 16.5 Å². The zero-order valence-electron chi connectivity index (χ0n) is 16.9. The molecule has 148 valence electrons. The molecule has 0 fully saturated rings. The highest BCUT2D eigenvalue weighted by atomic mass is 31.1. The lowest BCUT2D eigenvalue weighted by molar-refractivity contribution is 0.0988. The maximum absolute atomic E-state index is 12.3. The molecule has 0 saturated carbocycles. The van der Waals surface area contributed by atoms with Gasteiger partial charge in [0.15, 0.2) is 5.78 Å². The van der Waals surface area contributed by atoms with E-state index >= 15 is 0 Å². The van der Waals surface area contributed by atoms with Crippen molar-refractivity contribution >= 4 is 36.3 Å². The highest BCUT2D eigenvalue weighted by molar-refractivity contribution is 7.63. The van der Waals surface area contributed by atoms with E-state index in [1.54, 1.807) is 19.1 Å². The van der Waals surface area contributed by atoms with Gasteiger partial charge in [-0.25, -0.2) is 4.98 Å². The standard InChI is InChI=1S/C21H23N6OP/c1-5-19(28)15-12-24-20(23)9-17(15)25-16-8-6-7-13(14(16)11-22)18-10-21(29(3)4)27(2)26-18/h6-10,12H,5H2,1-4H3,(H3,23,24,25). The van der Waals surface area contributed by atoms with E-state index in [4.69, 9.17) is 5.73 Å². The zero-order chi connectivity index (χ0) is 21.1. The molecule has 8 heteroatoms. The fraction of sp³-hybridized carbons (Fsp3) is 0.238. The Bertz CT molecular complexity index is 1110. The zero-order valence-corrected chi connectivity index (χ0v) is 17.8. The van der Waals surface area contributed by atoms with Crippen molar-refractivity contribution in [2.24, 2.45) is 7.05 Å². The fourth-order valence-corrected chi connectivity index (χ4v) is 4.13. The summed E-state index contributed by atoms with van der Waals surface area (Å²) < 4.78 is 1.86. The number of aryl methyl sites for hydroxylation is 1. The summed E-state index contributed by atoms with van der Waals surface area (Å²) in [5.41, 5.74) is 10.5. The second-order valence-corrected chi connectivity index (χ2v) is 9.05. The smallest absolute Gasteiger partial charge is 0.166 e. The second-order valence-electron chi connectivity index (χ2n) is 6.80. The molecule has 0 bridgehead atoms. The van der Waals surface area contributed by atoms with E-state index in [1.165, 1.54) is 6.20 Å². The Morgan fingerprint density at radius 1 is 1.31 bits per heavy atom. The summed E-state index contributed by atoms with van der Waals surface area (Å²) in [7, 11) is 1.59. The molecule has 0 radical (unpaired) electrons. The molecule has 0 aliphatic heterocycles. The van der Waals surface area contributed by atoms with E-state index in [0.717, 1.165) is 16.7 Å². The van der Waals surface area contributed by atoms with Crippen LogP contribution in [0.4, 0.5) is 17.2 Å². The summed E-state index contributed by atoms with van der Waals surface area (Å²) in [6, 6.07) is 11.5. The Hall–Kier alpha value is -3.23. The summed E-state index contributed by atoms with van der Waals surface area (Å²) in [6.45, 7) is 6.12.